The number of carboxylic acid groups (broad SMARTS) is 1. The first kappa shape index (κ1) is 15.1. The van der Waals surface area contributed by atoms with E-state index < -0.39 is 5.97 Å². The van der Waals surface area contributed by atoms with E-state index in [-0.39, 0.29) is 24.1 Å². The normalized spacial score (nSPS) is 11.9. The van der Waals surface area contributed by atoms with Crippen molar-refractivity contribution in [2.75, 3.05) is 6.54 Å². The van der Waals surface area contributed by atoms with Gasteiger partial charge in [-0.3, -0.25) is 9.59 Å². The lowest BCUT2D eigenvalue weighted by atomic mass is 9.97. The molecule has 0 spiro atoms. The molecule has 104 valence electrons. The molecular weight excluding hydrogens is 249 g/mol. The summed E-state index contributed by atoms with van der Waals surface area (Å²) in [6.07, 6.45) is 0.776. The van der Waals surface area contributed by atoms with E-state index in [9.17, 15) is 14.0 Å². The van der Waals surface area contributed by atoms with E-state index in [1.54, 1.807) is 12.1 Å². The summed E-state index contributed by atoms with van der Waals surface area (Å²) in [6, 6.07) is 6.07. The lowest BCUT2D eigenvalue weighted by molar-refractivity contribution is -0.137. The Kier molecular flexibility index (Phi) is 5.99. The number of hydrogen-bond donors (Lipinski definition) is 2. The molecule has 1 amide bonds. The number of benzene rings is 1. The van der Waals surface area contributed by atoms with E-state index in [2.05, 4.69) is 5.32 Å². The summed E-state index contributed by atoms with van der Waals surface area (Å²) < 4.78 is 12.8. The third-order valence-corrected chi connectivity index (χ3v) is 2.82. The Labute approximate surface area is 111 Å². The van der Waals surface area contributed by atoms with E-state index in [1.165, 1.54) is 12.1 Å². The number of hydrogen-bond acceptors (Lipinski definition) is 2. The first-order valence-electron chi connectivity index (χ1n) is 6.23. The maximum absolute atomic E-state index is 12.8. The van der Waals surface area contributed by atoms with Gasteiger partial charge in [0.25, 0.3) is 0 Å². The fourth-order valence-corrected chi connectivity index (χ4v) is 1.73. The molecule has 1 atom stereocenters. The number of carbonyl (C=O) groups excluding carboxylic acids is 1. The van der Waals surface area contributed by atoms with Crippen LogP contribution in [0, 0.1) is 5.82 Å². The summed E-state index contributed by atoms with van der Waals surface area (Å²) in [5.41, 5.74) is 0.905. The van der Waals surface area contributed by atoms with Crippen molar-refractivity contribution in [3.8, 4) is 0 Å². The molecule has 1 rings (SSSR count). The van der Waals surface area contributed by atoms with Gasteiger partial charge in [0.05, 0.1) is 0 Å². The van der Waals surface area contributed by atoms with Gasteiger partial charge in [0.1, 0.15) is 5.82 Å². The largest absolute Gasteiger partial charge is 0.481 e. The van der Waals surface area contributed by atoms with Crippen molar-refractivity contribution in [2.45, 2.75) is 32.1 Å². The molecule has 0 aromatic heterocycles. The number of carbonyl (C=O) groups is 2. The molecule has 1 aromatic carbocycles. The molecular formula is C14H18FNO3. The zero-order valence-electron chi connectivity index (χ0n) is 10.9. The highest BCUT2D eigenvalue weighted by molar-refractivity contribution is 5.76. The zero-order chi connectivity index (χ0) is 14.3. The maximum Gasteiger partial charge on any atom is 0.303 e. The summed E-state index contributed by atoms with van der Waals surface area (Å²) in [4.78, 5) is 21.9. The zero-order valence-corrected chi connectivity index (χ0v) is 10.9. The van der Waals surface area contributed by atoms with Crippen molar-refractivity contribution in [1.29, 1.82) is 0 Å². The second-order valence-electron chi connectivity index (χ2n) is 4.50. The molecule has 0 saturated heterocycles. The van der Waals surface area contributed by atoms with Crippen LogP contribution in [-0.4, -0.2) is 23.5 Å². The molecule has 4 nitrogen and oxygen atoms in total. The minimum Gasteiger partial charge on any atom is -0.481 e. The molecule has 0 bridgehead atoms. The van der Waals surface area contributed by atoms with Gasteiger partial charge in [0.2, 0.25) is 5.91 Å². The number of nitrogens with one attached hydrogen (secondary N) is 1. The standard InChI is InChI=1S/C14H18FNO3/c1-10(11-4-6-12(15)7-5-11)9-13(17)16-8-2-3-14(18)19/h4-7,10H,2-3,8-9H2,1H3,(H,16,17)(H,18,19)/t10-/m0/s1. The minimum atomic E-state index is -0.867. The Hall–Kier alpha value is -1.91. The van der Waals surface area contributed by atoms with E-state index >= 15 is 0 Å². The third kappa shape index (κ3) is 5.99. The highest BCUT2D eigenvalue weighted by atomic mass is 19.1. The fourth-order valence-electron chi connectivity index (χ4n) is 1.73. The second kappa shape index (κ2) is 7.51. The van der Waals surface area contributed by atoms with E-state index in [1.807, 2.05) is 6.92 Å². The number of halogens is 1. The average Bonchev–Trinajstić information content (AvgIpc) is 2.35. The summed E-state index contributed by atoms with van der Waals surface area (Å²) >= 11 is 0. The molecule has 19 heavy (non-hydrogen) atoms. The van der Waals surface area contributed by atoms with Crippen molar-refractivity contribution in [2.24, 2.45) is 0 Å². The van der Waals surface area contributed by atoms with Crippen molar-refractivity contribution in [1.82, 2.24) is 5.32 Å². The van der Waals surface area contributed by atoms with Crippen molar-refractivity contribution in [3.63, 3.8) is 0 Å². The lowest BCUT2D eigenvalue weighted by Gasteiger charge is -2.11. The highest BCUT2D eigenvalue weighted by Gasteiger charge is 2.11. The molecule has 0 aliphatic carbocycles. The van der Waals surface area contributed by atoms with E-state index in [4.69, 9.17) is 5.11 Å². The van der Waals surface area contributed by atoms with Crippen LogP contribution in [0.1, 0.15) is 37.7 Å². The summed E-state index contributed by atoms with van der Waals surface area (Å²) in [5.74, 6) is -1.29. The monoisotopic (exact) mass is 267 g/mol. The van der Waals surface area contributed by atoms with Crippen LogP contribution in [-0.2, 0) is 9.59 Å². The van der Waals surface area contributed by atoms with Crippen LogP contribution in [0.25, 0.3) is 0 Å². The van der Waals surface area contributed by atoms with Crippen LogP contribution in [0.2, 0.25) is 0 Å². The smallest absolute Gasteiger partial charge is 0.303 e. The van der Waals surface area contributed by atoms with E-state index in [0.29, 0.717) is 19.4 Å². The summed E-state index contributed by atoms with van der Waals surface area (Å²) in [6.45, 7) is 2.26. The van der Waals surface area contributed by atoms with Gasteiger partial charge in [-0.05, 0) is 30.0 Å². The van der Waals surface area contributed by atoms with E-state index in [0.717, 1.165) is 5.56 Å². The van der Waals surface area contributed by atoms with Gasteiger partial charge in [-0.2, -0.15) is 0 Å². The molecule has 0 aliphatic heterocycles. The number of carboxylic acids is 1. The van der Waals surface area contributed by atoms with Gasteiger partial charge in [0.15, 0.2) is 0 Å². The molecule has 0 fully saturated rings. The molecule has 0 aliphatic rings. The predicted molar refractivity (Wildman–Crippen MR) is 69.3 cm³/mol. The Morgan fingerprint density at radius 2 is 1.95 bits per heavy atom. The number of aliphatic carboxylic acids is 1. The second-order valence-corrected chi connectivity index (χ2v) is 4.50. The van der Waals surface area contributed by atoms with Crippen LogP contribution in [0.3, 0.4) is 0 Å². The molecule has 5 heteroatoms. The summed E-state index contributed by atoms with van der Waals surface area (Å²) in [5, 5.41) is 11.1. The van der Waals surface area contributed by atoms with Gasteiger partial charge in [-0.15, -0.1) is 0 Å². The molecule has 1 aromatic rings. The van der Waals surface area contributed by atoms with Gasteiger partial charge in [0, 0.05) is 19.4 Å². The molecule has 0 unspecified atom stereocenters. The quantitative estimate of drug-likeness (QED) is 0.745. The lowest BCUT2D eigenvalue weighted by Crippen LogP contribution is -2.26. The highest BCUT2D eigenvalue weighted by Crippen LogP contribution is 2.18. The Bertz CT molecular complexity index is 431. The molecule has 0 radical (unpaired) electrons. The molecule has 2 N–H and O–H groups in total. The van der Waals surface area contributed by atoms with Gasteiger partial charge >= 0.3 is 5.97 Å². The number of amides is 1. The first-order valence-corrected chi connectivity index (χ1v) is 6.23. The number of rotatable bonds is 7. The average molecular weight is 267 g/mol. The van der Waals surface area contributed by atoms with Crippen LogP contribution in [0.4, 0.5) is 4.39 Å². The minimum absolute atomic E-state index is 0.0000683. The topological polar surface area (TPSA) is 66.4 Å². The summed E-state index contributed by atoms with van der Waals surface area (Å²) in [7, 11) is 0. The van der Waals surface area contributed by atoms with Gasteiger partial charge in [-0.1, -0.05) is 19.1 Å². The van der Waals surface area contributed by atoms with Crippen molar-refractivity contribution in [3.05, 3.63) is 35.6 Å². The van der Waals surface area contributed by atoms with Crippen LogP contribution in [0.5, 0.6) is 0 Å². The van der Waals surface area contributed by atoms with Crippen LogP contribution in [0.15, 0.2) is 24.3 Å². The Morgan fingerprint density at radius 3 is 2.53 bits per heavy atom. The Balaban J connectivity index is 2.31. The molecule has 0 saturated carbocycles. The third-order valence-electron chi connectivity index (χ3n) is 2.82. The molecule has 0 heterocycles. The van der Waals surface area contributed by atoms with Crippen LogP contribution < -0.4 is 5.32 Å². The predicted octanol–water partition coefficient (Wildman–Crippen LogP) is 2.30. The van der Waals surface area contributed by atoms with Crippen LogP contribution >= 0.6 is 0 Å². The Morgan fingerprint density at radius 1 is 1.32 bits per heavy atom. The van der Waals surface area contributed by atoms with Gasteiger partial charge in [-0.25, -0.2) is 4.39 Å². The maximum atomic E-state index is 12.8. The van der Waals surface area contributed by atoms with Crippen molar-refractivity contribution >= 4 is 11.9 Å². The van der Waals surface area contributed by atoms with Gasteiger partial charge < -0.3 is 10.4 Å². The fraction of sp³-hybridized carbons (Fsp3) is 0.429. The van der Waals surface area contributed by atoms with Crippen molar-refractivity contribution < 1.29 is 19.1 Å². The first-order chi connectivity index (χ1) is 8.99. The SMILES string of the molecule is C[C@@H](CC(=O)NCCCC(=O)O)c1ccc(F)cc1.